The molecule has 1 amide bonds. The number of amides is 1. The molecule has 2 aliphatic rings. The molecule has 2 heterocycles. The molecular formula is C25H31N3O5S. The lowest BCUT2D eigenvalue weighted by atomic mass is 9.95. The molecule has 0 aromatic heterocycles. The highest BCUT2D eigenvalue weighted by atomic mass is 32.2. The van der Waals surface area contributed by atoms with Crippen molar-refractivity contribution in [2.24, 2.45) is 10.3 Å². The summed E-state index contributed by atoms with van der Waals surface area (Å²) in [6.45, 7) is 7.93. The smallest absolute Gasteiger partial charge is 0.285 e. The minimum absolute atomic E-state index is 0.0567. The quantitative estimate of drug-likeness (QED) is 0.645. The van der Waals surface area contributed by atoms with Gasteiger partial charge in [0.15, 0.2) is 17.3 Å². The van der Waals surface area contributed by atoms with Gasteiger partial charge in [-0.2, -0.15) is 8.42 Å². The summed E-state index contributed by atoms with van der Waals surface area (Å²) in [5, 5.41) is 3.11. The van der Waals surface area contributed by atoms with Crippen LogP contribution >= 0.6 is 0 Å². The van der Waals surface area contributed by atoms with E-state index in [2.05, 4.69) is 9.71 Å². The molecule has 4 rings (SSSR count). The Morgan fingerprint density at radius 2 is 1.88 bits per heavy atom. The molecule has 9 heteroatoms. The number of hydrogen-bond donors (Lipinski definition) is 1. The van der Waals surface area contributed by atoms with E-state index in [4.69, 9.17) is 9.47 Å². The van der Waals surface area contributed by atoms with Crippen LogP contribution in [-0.2, 0) is 14.8 Å². The van der Waals surface area contributed by atoms with Crippen molar-refractivity contribution in [3.8, 4) is 11.5 Å². The maximum absolute atomic E-state index is 13.1. The molecule has 8 nitrogen and oxygen atoms in total. The van der Waals surface area contributed by atoms with Gasteiger partial charge in [0.05, 0.1) is 25.2 Å². The molecule has 0 aliphatic carbocycles. The third-order valence-corrected chi connectivity index (χ3v) is 7.46. The summed E-state index contributed by atoms with van der Waals surface area (Å²) in [4.78, 5) is 15.3. The SMILES string of the molecule is CCOc1ccc([C@@H](C)NC(=O)[C@@H]2CCCN(C3=NS(=O)(=O)c4ccccc43)C2)cc1OCC. The third-order valence-electron chi connectivity index (χ3n) is 6.13. The van der Waals surface area contributed by atoms with Crippen LogP contribution in [0.1, 0.15) is 50.8 Å². The molecule has 182 valence electrons. The van der Waals surface area contributed by atoms with Gasteiger partial charge in [-0.1, -0.05) is 18.2 Å². The Kier molecular flexibility index (Phi) is 7.11. The fourth-order valence-corrected chi connectivity index (χ4v) is 5.68. The third kappa shape index (κ3) is 4.89. The van der Waals surface area contributed by atoms with Crippen molar-refractivity contribution in [2.45, 2.75) is 44.6 Å². The van der Waals surface area contributed by atoms with E-state index < -0.39 is 10.0 Å². The lowest BCUT2D eigenvalue weighted by Gasteiger charge is -2.34. The van der Waals surface area contributed by atoms with E-state index in [0.717, 1.165) is 18.4 Å². The van der Waals surface area contributed by atoms with E-state index in [0.29, 0.717) is 49.2 Å². The van der Waals surface area contributed by atoms with Crippen LogP contribution in [0.2, 0.25) is 0 Å². The molecule has 0 spiro atoms. The minimum atomic E-state index is -3.69. The molecule has 2 aromatic carbocycles. The molecule has 0 saturated carbocycles. The van der Waals surface area contributed by atoms with Gasteiger partial charge in [-0.05, 0) is 63.4 Å². The molecule has 34 heavy (non-hydrogen) atoms. The minimum Gasteiger partial charge on any atom is -0.490 e. The summed E-state index contributed by atoms with van der Waals surface area (Å²) < 4.78 is 40.3. The Labute approximate surface area is 201 Å². The number of amidine groups is 1. The molecule has 2 atom stereocenters. The number of piperidine rings is 1. The summed E-state index contributed by atoms with van der Waals surface area (Å²) in [5.41, 5.74) is 1.53. The van der Waals surface area contributed by atoms with E-state index in [1.165, 1.54) is 0 Å². The summed E-state index contributed by atoms with van der Waals surface area (Å²) in [5.74, 6) is 1.46. The van der Waals surface area contributed by atoms with Gasteiger partial charge in [-0.15, -0.1) is 4.40 Å². The van der Waals surface area contributed by atoms with E-state index in [9.17, 15) is 13.2 Å². The summed E-state index contributed by atoms with van der Waals surface area (Å²) in [6.07, 6.45) is 1.52. The first kappa shape index (κ1) is 24.1. The predicted octanol–water partition coefficient (Wildman–Crippen LogP) is 3.52. The highest BCUT2D eigenvalue weighted by Crippen LogP contribution is 2.32. The second-order valence-corrected chi connectivity index (χ2v) is 10.0. The Bertz CT molecular complexity index is 1190. The second-order valence-electron chi connectivity index (χ2n) is 8.47. The van der Waals surface area contributed by atoms with Crippen molar-refractivity contribution in [1.29, 1.82) is 0 Å². The van der Waals surface area contributed by atoms with Gasteiger partial charge < -0.3 is 19.7 Å². The number of nitrogens with zero attached hydrogens (tertiary/aromatic N) is 2. The molecule has 1 fully saturated rings. The summed E-state index contributed by atoms with van der Waals surface area (Å²) >= 11 is 0. The average Bonchev–Trinajstić information content (AvgIpc) is 3.11. The summed E-state index contributed by atoms with van der Waals surface area (Å²) in [6, 6.07) is 12.3. The fourth-order valence-electron chi connectivity index (χ4n) is 4.45. The zero-order valence-corrected chi connectivity index (χ0v) is 20.6. The Morgan fingerprint density at radius 1 is 1.15 bits per heavy atom. The van der Waals surface area contributed by atoms with Gasteiger partial charge in [0, 0.05) is 18.7 Å². The van der Waals surface area contributed by atoms with Crippen molar-refractivity contribution in [3.63, 3.8) is 0 Å². The molecular weight excluding hydrogens is 454 g/mol. The van der Waals surface area contributed by atoms with E-state index >= 15 is 0 Å². The zero-order chi connectivity index (χ0) is 24.3. The van der Waals surface area contributed by atoms with Crippen molar-refractivity contribution >= 4 is 21.8 Å². The van der Waals surface area contributed by atoms with Crippen LogP contribution in [0.4, 0.5) is 0 Å². The predicted molar refractivity (Wildman–Crippen MR) is 130 cm³/mol. The zero-order valence-electron chi connectivity index (χ0n) is 19.8. The van der Waals surface area contributed by atoms with Crippen LogP contribution in [0.3, 0.4) is 0 Å². The largest absolute Gasteiger partial charge is 0.490 e. The second kappa shape index (κ2) is 10.0. The van der Waals surface area contributed by atoms with Gasteiger partial charge in [-0.3, -0.25) is 4.79 Å². The van der Waals surface area contributed by atoms with E-state index in [1.807, 2.05) is 43.9 Å². The average molecular weight is 486 g/mol. The van der Waals surface area contributed by atoms with Crippen LogP contribution in [0.15, 0.2) is 51.8 Å². The fraction of sp³-hybridized carbons (Fsp3) is 0.440. The Hall–Kier alpha value is -3.07. The number of carbonyl (C=O) groups excluding carboxylic acids is 1. The molecule has 0 unspecified atom stereocenters. The molecule has 1 saturated heterocycles. The van der Waals surface area contributed by atoms with Gasteiger partial charge in [-0.25, -0.2) is 0 Å². The van der Waals surface area contributed by atoms with Crippen LogP contribution in [0.5, 0.6) is 11.5 Å². The van der Waals surface area contributed by atoms with E-state index in [-0.39, 0.29) is 22.8 Å². The normalized spacial score (nSPS) is 19.7. The van der Waals surface area contributed by atoms with Crippen molar-refractivity contribution in [2.75, 3.05) is 26.3 Å². The van der Waals surface area contributed by atoms with Crippen molar-refractivity contribution in [3.05, 3.63) is 53.6 Å². The number of carbonyl (C=O) groups is 1. The van der Waals surface area contributed by atoms with Crippen molar-refractivity contribution < 1.29 is 22.7 Å². The van der Waals surface area contributed by atoms with Crippen LogP contribution in [-0.4, -0.2) is 51.4 Å². The van der Waals surface area contributed by atoms with Gasteiger partial charge >= 0.3 is 0 Å². The van der Waals surface area contributed by atoms with Crippen molar-refractivity contribution in [1.82, 2.24) is 10.2 Å². The monoisotopic (exact) mass is 485 g/mol. The first-order valence-electron chi connectivity index (χ1n) is 11.7. The number of fused-ring (bicyclic) bond motifs is 1. The van der Waals surface area contributed by atoms with E-state index in [1.54, 1.807) is 24.3 Å². The maximum atomic E-state index is 13.1. The topological polar surface area (TPSA) is 97.3 Å². The lowest BCUT2D eigenvalue weighted by Crippen LogP contribution is -2.45. The number of benzene rings is 2. The van der Waals surface area contributed by atoms with Gasteiger partial charge in [0.2, 0.25) is 5.91 Å². The molecule has 0 bridgehead atoms. The number of sulfonamides is 1. The maximum Gasteiger partial charge on any atom is 0.285 e. The van der Waals surface area contributed by atoms with Crippen LogP contribution in [0, 0.1) is 5.92 Å². The molecule has 1 N–H and O–H groups in total. The number of nitrogens with one attached hydrogen (secondary N) is 1. The Balaban J connectivity index is 1.46. The lowest BCUT2D eigenvalue weighted by molar-refractivity contribution is -0.126. The standard InChI is InChI=1S/C25H31N3O5S/c1-4-32-21-13-12-18(15-22(21)33-5-2)17(3)26-25(29)19-9-8-14-28(16-19)24-20-10-6-7-11-23(20)34(30,31)27-24/h6-7,10-13,15,17,19H,4-5,8-9,14,16H2,1-3H3,(H,26,29)/t17-,19-/m1/s1. The number of likely N-dealkylation sites (tertiary alicyclic amines) is 1. The Morgan fingerprint density at radius 3 is 2.65 bits per heavy atom. The highest BCUT2D eigenvalue weighted by molar-refractivity contribution is 7.90. The summed E-state index contributed by atoms with van der Waals surface area (Å²) in [7, 11) is -3.69. The first-order valence-corrected chi connectivity index (χ1v) is 13.2. The van der Waals surface area contributed by atoms with Gasteiger partial charge in [0.1, 0.15) is 4.90 Å². The van der Waals surface area contributed by atoms with Crippen LogP contribution < -0.4 is 14.8 Å². The number of rotatable bonds is 7. The number of hydrogen-bond acceptors (Lipinski definition) is 6. The molecule has 2 aromatic rings. The van der Waals surface area contributed by atoms with Crippen LogP contribution in [0.25, 0.3) is 0 Å². The highest BCUT2D eigenvalue weighted by Gasteiger charge is 2.35. The van der Waals surface area contributed by atoms with Gasteiger partial charge in [0.25, 0.3) is 10.0 Å². The number of ether oxygens (including phenoxy) is 2. The first-order chi connectivity index (χ1) is 16.3. The molecule has 2 aliphatic heterocycles. The molecule has 0 radical (unpaired) electrons.